The summed E-state index contributed by atoms with van der Waals surface area (Å²) in [6, 6.07) is -0.825. The van der Waals surface area contributed by atoms with Crippen molar-refractivity contribution in [2.45, 2.75) is 38.6 Å². The maximum atomic E-state index is 11.6. The van der Waals surface area contributed by atoms with Crippen LogP contribution in [0.5, 0.6) is 0 Å². The Morgan fingerprint density at radius 3 is 2.29 bits per heavy atom. The number of rotatable bonds is 6. The molecule has 1 unspecified atom stereocenters. The summed E-state index contributed by atoms with van der Waals surface area (Å²) in [5.74, 6) is -0.806. The Kier molecular flexibility index (Phi) is 6.44. The lowest BCUT2D eigenvalue weighted by Crippen LogP contribution is -2.45. The van der Waals surface area contributed by atoms with Gasteiger partial charge < -0.3 is 15.7 Å². The van der Waals surface area contributed by atoms with E-state index < -0.39 is 21.8 Å². The van der Waals surface area contributed by atoms with Crippen LogP contribution in [0.25, 0.3) is 0 Å². The molecular weight excluding hydrogens is 296 g/mol. The number of urea groups is 1. The largest absolute Gasteiger partial charge is 0.481 e. The predicted molar refractivity (Wildman–Crippen MR) is 78.8 cm³/mol. The molecule has 1 aliphatic rings. The summed E-state index contributed by atoms with van der Waals surface area (Å²) in [6.45, 7) is 2.13. The van der Waals surface area contributed by atoms with Crippen molar-refractivity contribution in [1.82, 2.24) is 10.6 Å². The predicted octanol–water partition coefficient (Wildman–Crippen LogP) is 0.610. The summed E-state index contributed by atoms with van der Waals surface area (Å²) < 4.78 is 22.2. The minimum atomic E-state index is -3.12. The molecule has 1 aliphatic carbocycles. The fourth-order valence-corrected chi connectivity index (χ4v) is 3.61. The van der Waals surface area contributed by atoms with Crippen LogP contribution in [0.2, 0.25) is 0 Å². The van der Waals surface area contributed by atoms with Crippen LogP contribution in [0.1, 0.15) is 32.6 Å². The highest BCUT2D eigenvalue weighted by molar-refractivity contribution is 7.90. The summed E-state index contributed by atoms with van der Waals surface area (Å²) >= 11 is 0. The highest BCUT2D eigenvalue weighted by Gasteiger charge is 2.26. The molecule has 0 aliphatic heterocycles. The molecule has 122 valence electrons. The monoisotopic (exact) mass is 320 g/mol. The molecule has 1 atom stereocenters. The SMILES string of the molecule is CC(CS(C)(=O)=O)NC(=O)NCC1CCC(C(=O)O)CC1. The quantitative estimate of drug-likeness (QED) is 0.664. The molecular formula is C13H24N2O5S. The van der Waals surface area contributed by atoms with Gasteiger partial charge in [-0.2, -0.15) is 0 Å². The molecule has 3 N–H and O–H groups in total. The maximum Gasteiger partial charge on any atom is 0.315 e. The summed E-state index contributed by atoms with van der Waals surface area (Å²) in [5.41, 5.74) is 0. The molecule has 0 bridgehead atoms. The average Bonchev–Trinajstić information content (AvgIpc) is 2.34. The lowest BCUT2D eigenvalue weighted by molar-refractivity contribution is -0.143. The van der Waals surface area contributed by atoms with E-state index in [1.807, 2.05) is 0 Å². The highest BCUT2D eigenvalue weighted by Crippen LogP contribution is 2.28. The van der Waals surface area contributed by atoms with Crippen LogP contribution in [0.15, 0.2) is 0 Å². The molecule has 1 saturated carbocycles. The summed E-state index contributed by atoms with van der Waals surface area (Å²) in [7, 11) is -3.12. The molecule has 0 radical (unpaired) electrons. The number of carbonyl (C=O) groups is 2. The maximum absolute atomic E-state index is 11.6. The van der Waals surface area contributed by atoms with Gasteiger partial charge in [0.05, 0.1) is 11.7 Å². The number of hydrogen-bond acceptors (Lipinski definition) is 4. The van der Waals surface area contributed by atoms with Crippen molar-refractivity contribution < 1.29 is 23.1 Å². The molecule has 0 aromatic rings. The van der Waals surface area contributed by atoms with E-state index in [1.165, 1.54) is 0 Å². The van der Waals surface area contributed by atoms with E-state index in [0.29, 0.717) is 19.4 Å². The Morgan fingerprint density at radius 2 is 1.81 bits per heavy atom. The molecule has 1 fully saturated rings. The lowest BCUT2D eigenvalue weighted by Gasteiger charge is -2.26. The molecule has 0 aromatic heterocycles. The van der Waals surface area contributed by atoms with E-state index in [1.54, 1.807) is 6.92 Å². The van der Waals surface area contributed by atoms with E-state index in [0.717, 1.165) is 19.1 Å². The molecule has 21 heavy (non-hydrogen) atoms. The van der Waals surface area contributed by atoms with E-state index in [2.05, 4.69) is 10.6 Å². The Hall–Kier alpha value is -1.31. The fourth-order valence-electron chi connectivity index (χ4n) is 2.62. The number of aliphatic carboxylic acids is 1. The van der Waals surface area contributed by atoms with Crippen molar-refractivity contribution in [2.75, 3.05) is 18.6 Å². The van der Waals surface area contributed by atoms with Crippen LogP contribution in [0, 0.1) is 11.8 Å². The van der Waals surface area contributed by atoms with Gasteiger partial charge in [-0.15, -0.1) is 0 Å². The minimum Gasteiger partial charge on any atom is -0.481 e. The number of hydrogen-bond donors (Lipinski definition) is 3. The zero-order valence-electron chi connectivity index (χ0n) is 12.5. The van der Waals surface area contributed by atoms with Crippen LogP contribution < -0.4 is 10.6 Å². The van der Waals surface area contributed by atoms with Crippen LogP contribution >= 0.6 is 0 Å². The van der Waals surface area contributed by atoms with Gasteiger partial charge in [0.1, 0.15) is 9.84 Å². The van der Waals surface area contributed by atoms with Crippen LogP contribution in [0.3, 0.4) is 0 Å². The topological polar surface area (TPSA) is 113 Å². The number of amides is 2. The van der Waals surface area contributed by atoms with Crippen LogP contribution in [-0.2, 0) is 14.6 Å². The van der Waals surface area contributed by atoms with Crippen molar-refractivity contribution in [1.29, 1.82) is 0 Å². The highest BCUT2D eigenvalue weighted by atomic mass is 32.2. The van der Waals surface area contributed by atoms with Gasteiger partial charge in [0, 0.05) is 18.8 Å². The smallest absolute Gasteiger partial charge is 0.315 e. The first kappa shape index (κ1) is 17.7. The molecule has 0 aromatic carbocycles. The molecule has 0 heterocycles. The zero-order chi connectivity index (χ0) is 16.0. The van der Waals surface area contributed by atoms with E-state index in [-0.39, 0.29) is 23.6 Å². The van der Waals surface area contributed by atoms with Crippen molar-refractivity contribution >= 4 is 21.8 Å². The second kappa shape index (κ2) is 7.63. The van der Waals surface area contributed by atoms with E-state index >= 15 is 0 Å². The van der Waals surface area contributed by atoms with Gasteiger partial charge in [-0.25, -0.2) is 13.2 Å². The molecule has 2 amide bonds. The molecule has 0 spiro atoms. The number of nitrogens with one attached hydrogen (secondary N) is 2. The molecule has 1 rings (SSSR count). The van der Waals surface area contributed by atoms with Gasteiger partial charge in [0.2, 0.25) is 0 Å². The first-order chi connectivity index (χ1) is 9.67. The average molecular weight is 320 g/mol. The Balaban J connectivity index is 2.24. The number of carboxylic acid groups (broad SMARTS) is 1. The summed E-state index contributed by atoms with van der Waals surface area (Å²) in [4.78, 5) is 22.5. The molecule has 0 saturated heterocycles. The third-order valence-corrected chi connectivity index (χ3v) is 4.78. The standard InChI is InChI=1S/C13H24N2O5S/c1-9(8-21(2,19)20)15-13(18)14-7-10-3-5-11(6-4-10)12(16)17/h9-11H,3-8H2,1-2H3,(H,16,17)(H2,14,15,18). The Bertz CT molecular complexity index is 469. The number of carbonyl (C=O) groups excluding carboxylic acids is 1. The Morgan fingerprint density at radius 1 is 1.24 bits per heavy atom. The van der Waals surface area contributed by atoms with Gasteiger partial charge in [-0.1, -0.05) is 0 Å². The van der Waals surface area contributed by atoms with Gasteiger partial charge >= 0.3 is 12.0 Å². The molecule has 7 nitrogen and oxygen atoms in total. The number of carboxylic acids is 1. The van der Waals surface area contributed by atoms with Crippen LogP contribution in [-0.4, -0.2) is 50.1 Å². The van der Waals surface area contributed by atoms with Crippen LogP contribution in [0.4, 0.5) is 4.79 Å². The second-order valence-electron chi connectivity index (χ2n) is 5.90. The third-order valence-electron chi connectivity index (χ3n) is 3.68. The van der Waals surface area contributed by atoms with Gasteiger partial charge in [0.25, 0.3) is 0 Å². The van der Waals surface area contributed by atoms with Crippen molar-refractivity contribution in [3.63, 3.8) is 0 Å². The van der Waals surface area contributed by atoms with Gasteiger partial charge in [0.15, 0.2) is 0 Å². The number of sulfone groups is 1. The Labute approximate surface area is 125 Å². The van der Waals surface area contributed by atoms with Crippen molar-refractivity contribution in [2.24, 2.45) is 11.8 Å². The molecule has 8 heteroatoms. The summed E-state index contributed by atoms with van der Waals surface area (Å²) in [6.07, 6.45) is 4.00. The first-order valence-electron chi connectivity index (χ1n) is 7.12. The van der Waals surface area contributed by atoms with E-state index in [9.17, 15) is 18.0 Å². The van der Waals surface area contributed by atoms with Gasteiger partial charge in [-0.3, -0.25) is 4.79 Å². The first-order valence-corrected chi connectivity index (χ1v) is 9.18. The minimum absolute atomic E-state index is 0.0931. The lowest BCUT2D eigenvalue weighted by atomic mass is 9.82. The van der Waals surface area contributed by atoms with Crippen molar-refractivity contribution in [3.05, 3.63) is 0 Å². The normalized spacial score (nSPS) is 24.1. The zero-order valence-corrected chi connectivity index (χ0v) is 13.3. The summed E-state index contributed by atoms with van der Waals surface area (Å²) in [5, 5.41) is 14.2. The van der Waals surface area contributed by atoms with E-state index in [4.69, 9.17) is 5.11 Å². The third kappa shape index (κ3) is 7.31. The van der Waals surface area contributed by atoms with Gasteiger partial charge in [-0.05, 0) is 38.5 Å². The fraction of sp³-hybridized carbons (Fsp3) is 0.846. The second-order valence-corrected chi connectivity index (χ2v) is 8.09. The van der Waals surface area contributed by atoms with Crippen molar-refractivity contribution in [3.8, 4) is 0 Å².